The largest absolute Gasteiger partial charge is 0.423 e. The van der Waals surface area contributed by atoms with Gasteiger partial charge in [0.15, 0.2) is 0 Å². The molecule has 0 aliphatic carbocycles. The number of hydrogen-bond acceptors (Lipinski definition) is 3. The topological polar surface area (TPSA) is 39.9 Å². The van der Waals surface area contributed by atoms with Crippen LogP contribution in [0.15, 0.2) is 54.9 Å². The highest BCUT2D eigenvalue weighted by Gasteiger charge is 2.06. The molecule has 0 saturated heterocycles. The van der Waals surface area contributed by atoms with Crippen LogP contribution in [0.25, 0.3) is 5.69 Å². The van der Waals surface area contributed by atoms with Gasteiger partial charge in [-0.25, -0.2) is 4.68 Å². The summed E-state index contributed by atoms with van der Waals surface area (Å²) in [7, 11) is 0. The third-order valence-corrected chi connectivity index (χ3v) is 3.76. The van der Waals surface area contributed by atoms with Gasteiger partial charge in [-0.1, -0.05) is 40.2 Å². The summed E-state index contributed by atoms with van der Waals surface area (Å²) in [5.74, 6) is 0.739. The van der Waals surface area contributed by atoms with Crippen molar-refractivity contribution in [1.82, 2.24) is 14.8 Å². The SMILES string of the molecule is Cc1cc(Oc2ncn(-c3ccccc3)n2)ccc1CBr. The van der Waals surface area contributed by atoms with Crippen molar-refractivity contribution < 1.29 is 4.74 Å². The minimum atomic E-state index is 0.338. The van der Waals surface area contributed by atoms with E-state index >= 15 is 0 Å². The maximum atomic E-state index is 5.70. The molecule has 1 heterocycles. The van der Waals surface area contributed by atoms with Crippen LogP contribution in [0.1, 0.15) is 11.1 Å². The summed E-state index contributed by atoms with van der Waals surface area (Å²) in [6.07, 6.45) is 1.64. The molecule has 0 spiro atoms. The van der Waals surface area contributed by atoms with Crippen molar-refractivity contribution in [1.29, 1.82) is 0 Å². The Morgan fingerprint density at radius 1 is 1.14 bits per heavy atom. The minimum Gasteiger partial charge on any atom is -0.423 e. The van der Waals surface area contributed by atoms with E-state index in [-0.39, 0.29) is 0 Å². The number of alkyl halides is 1. The normalized spacial score (nSPS) is 10.6. The monoisotopic (exact) mass is 343 g/mol. The van der Waals surface area contributed by atoms with Crippen molar-refractivity contribution in [2.45, 2.75) is 12.3 Å². The molecule has 4 nitrogen and oxygen atoms in total. The number of ether oxygens (including phenoxy) is 1. The van der Waals surface area contributed by atoms with E-state index < -0.39 is 0 Å². The molecule has 0 atom stereocenters. The second-order valence-corrected chi connectivity index (χ2v) is 5.19. The lowest BCUT2D eigenvalue weighted by molar-refractivity contribution is 0.441. The van der Waals surface area contributed by atoms with Gasteiger partial charge < -0.3 is 4.74 Å². The molecule has 5 heteroatoms. The van der Waals surface area contributed by atoms with Crippen LogP contribution in [-0.2, 0) is 5.33 Å². The van der Waals surface area contributed by atoms with Gasteiger partial charge in [-0.15, -0.1) is 5.10 Å². The van der Waals surface area contributed by atoms with Crippen LogP contribution in [0.5, 0.6) is 11.8 Å². The highest BCUT2D eigenvalue weighted by molar-refractivity contribution is 9.08. The predicted molar refractivity (Wildman–Crippen MR) is 85.2 cm³/mol. The summed E-state index contributed by atoms with van der Waals surface area (Å²) >= 11 is 3.46. The maximum absolute atomic E-state index is 5.70. The maximum Gasteiger partial charge on any atom is 0.341 e. The van der Waals surface area contributed by atoms with Crippen molar-refractivity contribution in [3.63, 3.8) is 0 Å². The Hall–Kier alpha value is -2.14. The molecule has 1 aromatic heterocycles. The Balaban J connectivity index is 1.80. The number of aromatic nitrogens is 3. The van der Waals surface area contributed by atoms with Crippen molar-refractivity contribution in [3.8, 4) is 17.4 Å². The molecule has 0 aliphatic rings. The first-order valence-corrected chi connectivity index (χ1v) is 7.69. The Bertz CT molecular complexity index is 740. The molecule has 21 heavy (non-hydrogen) atoms. The summed E-state index contributed by atoms with van der Waals surface area (Å²) in [6, 6.07) is 16.1. The van der Waals surface area contributed by atoms with Gasteiger partial charge in [-0.3, -0.25) is 0 Å². The van der Waals surface area contributed by atoms with Crippen LogP contribution in [-0.4, -0.2) is 14.8 Å². The third-order valence-electron chi connectivity index (χ3n) is 3.16. The summed E-state index contributed by atoms with van der Waals surface area (Å²) in [5.41, 5.74) is 3.36. The fraction of sp³-hybridized carbons (Fsp3) is 0.125. The van der Waals surface area contributed by atoms with E-state index in [2.05, 4.69) is 32.9 Å². The summed E-state index contributed by atoms with van der Waals surface area (Å²) in [5, 5.41) is 5.16. The van der Waals surface area contributed by atoms with E-state index in [9.17, 15) is 0 Å². The Morgan fingerprint density at radius 3 is 2.67 bits per heavy atom. The molecule has 0 radical (unpaired) electrons. The zero-order chi connectivity index (χ0) is 14.7. The highest BCUT2D eigenvalue weighted by Crippen LogP contribution is 2.22. The van der Waals surface area contributed by atoms with Crippen molar-refractivity contribution in [2.24, 2.45) is 0 Å². The van der Waals surface area contributed by atoms with E-state index in [1.54, 1.807) is 11.0 Å². The summed E-state index contributed by atoms with van der Waals surface area (Å²) < 4.78 is 7.39. The molecule has 0 fully saturated rings. The lowest BCUT2D eigenvalue weighted by Crippen LogP contribution is -1.95. The van der Waals surface area contributed by atoms with Gasteiger partial charge >= 0.3 is 6.01 Å². The summed E-state index contributed by atoms with van der Waals surface area (Å²) in [6.45, 7) is 2.06. The van der Waals surface area contributed by atoms with E-state index in [0.29, 0.717) is 6.01 Å². The van der Waals surface area contributed by atoms with Gasteiger partial charge in [-0.05, 0) is 42.3 Å². The number of hydrogen-bond donors (Lipinski definition) is 0. The highest BCUT2D eigenvalue weighted by atomic mass is 79.9. The zero-order valence-corrected chi connectivity index (χ0v) is 13.1. The zero-order valence-electron chi connectivity index (χ0n) is 11.5. The smallest absolute Gasteiger partial charge is 0.341 e. The van der Waals surface area contributed by atoms with Crippen LogP contribution in [0.3, 0.4) is 0 Å². The van der Waals surface area contributed by atoms with Gasteiger partial charge in [0.25, 0.3) is 0 Å². The Labute approximate surface area is 131 Å². The van der Waals surface area contributed by atoms with E-state index in [1.165, 1.54) is 11.1 Å². The molecular weight excluding hydrogens is 330 g/mol. The Morgan fingerprint density at radius 2 is 1.95 bits per heavy atom. The lowest BCUT2D eigenvalue weighted by Gasteiger charge is -2.05. The number of nitrogens with zero attached hydrogens (tertiary/aromatic N) is 3. The molecule has 3 rings (SSSR count). The minimum absolute atomic E-state index is 0.338. The summed E-state index contributed by atoms with van der Waals surface area (Å²) in [4.78, 5) is 4.18. The van der Waals surface area contributed by atoms with Gasteiger partial charge in [0.05, 0.1) is 5.69 Å². The number of halogens is 1. The van der Waals surface area contributed by atoms with Gasteiger partial charge in [0, 0.05) is 5.33 Å². The molecular formula is C16H14BrN3O. The van der Waals surface area contributed by atoms with Crippen LogP contribution in [0, 0.1) is 6.92 Å². The van der Waals surface area contributed by atoms with Crippen molar-refractivity contribution in [3.05, 3.63) is 66.0 Å². The van der Waals surface area contributed by atoms with Crippen LogP contribution in [0.4, 0.5) is 0 Å². The van der Waals surface area contributed by atoms with Crippen molar-refractivity contribution in [2.75, 3.05) is 0 Å². The van der Waals surface area contributed by atoms with Crippen LogP contribution in [0.2, 0.25) is 0 Å². The average molecular weight is 344 g/mol. The quantitative estimate of drug-likeness (QED) is 0.664. The number of benzene rings is 2. The van der Waals surface area contributed by atoms with E-state index in [4.69, 9.17) is 4.74 Å². The number of aryl methyl sites for hydroxylation is 1. The molecule has 0 aliphatic heterocycles. The van der Waals surface area contributed by atoms with E-state index in [1.807, 2.05) is 48.5 Å². The van der Waals surface area contributed by atoms with Gasteiger partial charge in [0.1, 0.15) is 12.1 Å². The second-order valence-electron chi connectivity index (χ2n) is 4.63. The molecule has 0 amide bonds. The van der Waals surface area contributed by atoms with Crippen LogP contribution < -0.4 is 4.74 Å². The van der Waals surface area contributed by atoms with Crippen LogP contribution >= 0.6 is 15.9 Å². The fourth-order valence-corrected chi connectivity index (χ4v) is 2.62. The van der Waals surface area contributed by atoms with Crippen molar-refractivity contribution >= 4 is 15.9 Å². The van der Waals surface area contributed by atoms with E-state index in [0.717, 1.165) is 16.8 Å². The Kier molecular flexibility index (Phi) is 4.01. The van der Waals surface area contributed by atoms with Gasteiger partial charge in [-0.2, -0.15) is 4.98 Å². The molecule has 3 aromatic rings. The molecule has 0 unspecified atom stereocenters. The third kappa shape index (κ3) is 3.13. The first-order valence-electron chi connectivity index (χ1n) is 6.56. The molecule has 0 saturated carbocycles. The predicted octanol–water partition coefficient (Wildman–Crippen LogP) is 4.26. The average Bonchev–Trinajstić information content (AvgIpc) is 2.97. The molecule has 2 aromatic carbocycles. The molecule has 0 bridgehead atoms. The molecule has 0 N–H and O–H groups in total. The number of rotatable bonds is 4. The fourth-order valence-electron chi connectivity index (χ4n) is 1.99. The molecule has 106 valence electrons. The van der Waals surface area contributed by atoms with Gasteiger partial charge in [0.2, 0.25) is 0 Å². The lowest BCUT2D eigenvalue weighted by atomic mass is 10.1. The first kappa shape index (κ1) is 13.8. The second kappa shape index (κ2) is 6.10. The number of para-hydroxylation sites is 1. The standard InChI is InChI=1S/C16H14BrN3O/c1-12-9-15(8-7-13(12)10-17)21-16-18-11-20(19-16)14-5-3-2-4-6-14/h2-9,11H,10H2,1H3. The first-order chi connectivity index (χ1) is 10.3.